The summed E-state index contributed by atoms with van der Waals surface area (Å²) in [5, 5.41) is 17.7. The van der Waals surface area contributed by atoms with Crippen LogP contribution in [-0.4, -0.2) is 38.7 Å². The molecule has 0 bridgehead atoms. The van der Waals surface area contributed by atoms with Gasteiger partial charge in [0, 0.05) is 17.8 Å². The van der Waals surface area contributed by atoms with Gasteiger partial charge in [-0.05, 0) is 25.3 Å². The van der Waals surface area contributed by atoms with E-state index in [0.29, 0.717) is 16.8 Å². The van der Waals surface area contributed by atoms with Crippen molar-refractivity contribution in [2.24, 2.45) is 0 Å². The van der Waals surface area contributed by atoms with Gasteiger partial charge in [-0.25, -0.2) is 9.97 Å². The summed E-state index contributed by atoms with van der Waals surface area (Å²) in [7, 11) is 0. The third-order valence-electron chi connectivity index (χ3n) is 4.01. The van der Waals surface area contributed by atoms with Gasteiger partial charge in [0.05, 0.1) is 6.61 Å². The van der Waals surface area contributed by atoms with Crippen LogP contribution >= 0.6 is 23.1 Å². The van der Waals surface area contributed by atoms with Crippen molar-refractivity contribution in [3.8, 4) is 0 Å². The quantitative estimate of drug-likeness (QED) is 0.401. The van der Waals surface area contributed by atoms with E-state index in [4.69, 9.17) is 0 Å². The fourth-order valence-electron chi connectivity index (χ4n) is 2.43. The second-order valence-corrected chi connectivity index (χ2v) is 8.39. The van der Waals surface area contributed by atoms with E-state index >= 15 is 0 Å². The molecule has 0 spiro atoms. The van der Waals surface area contributed by atoms with E-state index in [1.165, 1.54) is 18.4 Å². The number of hydrogen-bond donors (Lipinski definition) is 3. The van der Waals surface area contributed by atoms with Crippen LogP contribution in [0.4, 0.5) is 10.9 Å². The highest BCUT2D eigenvalue weighted by Gasteiger charge is 2.23. The molecule has 1 saturated carbocycles. The van der Waals surface area contributed by atoms with Crippen molar-refractivity contribution < 1.29 is 5.11 Å². The predicted octanol–water partition coefficient (Wildman–Crippen LogP) is 3.75. The van der Waals surface area contributed by atoms with Gasteiger partial charge in [-0.15, -0.1) is 0 Å². The minimum absolute atomic E-state index is 0.0456. The Hall–Kier alpha value is -1.90. The molecule has 26 heavy (non-hydrogen) atoms. The molecule has 1 aromatic carbocycles. The number of hydrogen-bond acceptors (Lipinski definition) is 8. The second-order valence-electron chi connectivity index (χ2n) is 6.45. The Morgan fingerprint density at radius 1 is 1.23 bits per heavy atom. The SMILES string of the molecule is CC(CO)Nc1nc(SCc2ccccc2)nc2nc(NC3CC3)sc12. The van der Waals surface area contributed by atoms with E-state index in [1.807, 2.05) is 25.1 Å². The number of aliphatic hydroxyl groups is 1. The maximum absolute atomic E-state index is 9.39. The Labute approximate surface area is 160 Å². The van der Waals surface area contributed by atoms with Crippen LogP contribution in [0.5, 0.6) is 0 Å². The van der Waals surface area contributed by atoms with Crippen LogP contribution in [-0.2, 0) is 5.75 Å². The van der Waals surface area contributed by atoms with E-state index in [9.17, 15) is 5.11 Å². The molecule has 1 fully saturated rings. The highest BCUT2D eigenvalue weighted by atomic mass is 32.2. The molecule has 1 atom stereocenters. The average Bonchev–Trinajstić information content (AvgIpc) is 3.37. The summed E-state index contributed by atoms with van der Waals surface area (Å²) >= 11 is 3.16. The van der Waals surface area contributed by atoms with E-state index in [2.05, 4.69) is 37.7 Å². The number of thiazole rings is 1. The van der Waals surface area contributed by atoms with Crippen LogP contribution in [0.25, 0.3) is 10.3 Å². The molecule has 3 N–H and O–H groups in total. The summed E-state index contributed by atoms with van der Waals surface area (Å²) in [4.78, 5) is 14.0. The maximum atomic E-state index is 9.39. The predicted molar refractivity (Wildman–Crippen MR) is 108 cm³/mol. The van der Waals surface area contributed by atoms with Gasteiger partial charge in [0.25, 0.3) is 0 Å². The smallest absolute Gasteiger partial charge is 0.191 e. The number of thioether (sulfide) groups is 1. The minimum Gasteiger partial charge on any atom is -0.394 e. The number of nitrogens with zero attached hydrogens (tertiary/aromatic N) is 3. The molecule has 1 aliphatic rings. The van der Waals surface area contributed by atoms with Gasteiger partial charge in [-0.1, -0.05) is 53.4 Å². The first kappa shape index (κ1) is 17.5. The highest BCUT2D eigenvalue weighted by Crippen LogP contribution is 2.35. The van der Waals surface area contributed by atoms with Crippen LogP contribution in [0.3, 0.4) is 0 Å². The van der Waals surface area contributed by atoms with Crippen LogP contribution in [0.2, 0.25) is 0 Å². The molecule has 0 aliphatic heterocycles. The Kier molecular flexibility index (Phi) is 5.23. The fraction of sp³-hybridized carbons (Fsp3) is 0.389. The molecule has 6 nitrogen and oxygen atoms in total. The molecule has 4 rings (SSSR count). The van der Waals surface area contributed by atoms with Gasteiger partial charge in [0.15, 0.2) is 21.8 Å². The van der Waals surface area contributed by atoms with Gasteiger partial charge >= 0.3 is 0 Å². The molecule has 0 amide bonds. The van der Waals surface area contributed by atoms with Crippen molar-refractivity contribution in [1.29, 1.82) is 0 Å². The third kappa shape index (κ3) is 4.25. The van der Waals surface area contributed by atoms with Gasteiger partial charge in [0.1, 0.15) is 4.70 Å². The zero-order chi connectivity index (χ0) is 17.9. The number of nitrogens with one attached hydrogen (secondary N) is 2. The zero-order valence-corrected chi connectivity index (χ0v) is 16.1. The van der Waals surface area contributed by atoms with Crippen molar-refractivity contribution >= 4 is 44.4 Å². The van der Waals surface area contributed by atoms with Crippen molar-refractivity contribution in [1.82, 2.24) is 15.0 Å². The van der Waals surface area contributed by atoms with E-state index in [0.717, 1.165) is 21.4 Å². The van der Waals surface area contributed by atoms with Crippen molar-refractivity contribution in [3.05, 3.63) is 35.9 Å². The summed E-state index contributed by atoms with van der Waals surface area (Å²) in [5.41, 5.74) is 1.94. The molecular formula is C18H21N5OS2. The minimum atomic E-state index is -0.0815. The van der Waals surface area contributed by atoms with E-state index in [-0.39, 0.29) is 12.6 Å². The summed E-state index contributed by atoms with van der Waals surface area (Å²) in [6.07, 6.45) is 2.40. The van der Waals surface area contributed by atoms with Crippen molar-refractivity contribution in [3.63, 3.8) is 0 Å². The lowest BCUT2D eigenvalue weighted by molar-refractivity contribution is 0.281. The zero-order valence-electron chi connectivity index (χ0n) is 14.5. The van der Waals surface area contributed by atoms with Gasteiger partial charge in [0.2, 0.25) is 0 Å². The molecular weight excluding hydrogens is 366 g/mol. The number of rotatable bonds is 8. The lowest BCUT2D eigenvalue weighted by Gasteiger charge is -2.12. The Morgan fingerprint density at radius 2 is 2.04 bits per heavy atom. The first-order chi connectivity index (χ1) is 12.7. The summed E-state index contributed by atoms with van der Waals surface area (Å²) in [6.45, 7) is 1.97. The van der Waals surface area contributed by atoms with Gasteiger partial charge < -0.3 is 15.7 Å². The average molecular weight is 388 g/mol. The van der Waals surface area contributed by atoms with E-state index in [1.54, 1.807) is 23.1 Å². The van der Waals surface area contributed by atoms with Crippen molar-refractivity contribution in [2.45, 2.75) is 42.8 Å². The largest absolute Gasteiger partial charge is 0.394 e. The maximum Gasteiger partial charge on any atom is 0.191 e. The molecule has 3 aromatic rings. The molecule has 1 unspecified atom stereocenters. The first-order valence-corrected chi connectivity index (χ1v) is 10.5. The topological polar surface area (TPSA) is 83.0 Å². The Balaban J connectivity index is 1.61. The molecule has 0 saturated heterocycles. The first-order valence-electron chi connectivity index (χ1n) is 8.70. The highest BCUT2D eigenvalue weighted by molar-refractivity contribution is 7.98. The monoisotopic (exact) mass is 387 g/mol. The molecule has 8 heteroatoms. The molecule has 1 aliphatic carbocycles. The second kappa shape index (κ2) is 7.77. The van der Waals surface area contributed by atoms with Crippen LogP contribution in [0.1, 0.15) is 25.3 Å². The van der Waals surface area contributed by atoms with Gasteiger partial charge in [-0.3, -0.25) is 0 Å². The van der Waals surface area contributed by atoms with Crippen LogP contribution in [0, 0.1) is 0 Å². The number of fused-ring (bicyclic) bond motifs is 1. The van der Waals surface area contributed by atoms with E-state index < -0.39 is 0 Å². The number of benzene rings is 1. The lowest BCUT2D eigenvalue weighted by Crippen LogP contribution is -2.20. The van der Waals surface area contributed by atoms with Crippen molar-refractivity contribution in [2.75, 3.05) is 17.2 Å². The third-order valence-corrected chi connectivity index (χ3v) is 5.91. The number of anilines is 2. The Bertz CT molecular complexity index is 882. The standard InChI is InChI=1S/C18H21N5OS2/c1-11(9-24)19-15-14-16(23-18(26-14)20-13-7-8-13)22-17(21-15)25-10-12-5-3-2-4-6-12/h2-6,11,13,24H,7-10H2,1H3,(H2,19,20,21,22,23). The van der Waals surface area contributed by atoms with Crippen LogP contribution in [0.15, 0.2) is 35.5 Å². The summed E-state index contributed by atoms with van der Waals surface area (Å²) in [6, 6.07) is 10.7. The molecule has 2 aromatic heterocycles. The summed E-state index contributed by atoms with van der Waals surface area (Å²) in [5.74, 6) is 1.55. The molecule has 136 valence electrons. The molecule has 2 heterocycles. The number of aliphatic hydroxyl groups excluding tert-OH is 1. The summed E-state index contributed by atoms with van der Waals surface area (Å²) < 4.78 is 0.928. The molecule has 0 radical (unpaired) electrons. The van der Waals surface area contributed by atoms with Crippen LogP contribution < -0.4 is 10.6 Å². The number of aromatic nitrogens is 3. The fourth-order valence-corrected chi connectivity index (χ4v) is 4.16. The Morgan fingerprint density at radius 3 is 2.77 bits per heavy atom. The lowest BCUT2D eigenvalue weighted by atomic mass is 10.2. The van der Waals surface area contributed by atoms with Gasteiger partial charge in [-0.2, -0.15) is 4.98 Å². The normalized spacial score (nSPS) is 15.2.